The second-order valence-electron chi connectivity index (χ2n) is 6.93. The molecule has 0 atom stereocenters. The fourth-order valence-electron chi connectivity index (χ4n) is 3.58. The maximum Gasteiger partial charge on any atom is 0.328 e. The third-order valence-electron chi connectivity index (χ3n) is 4.96. The predicted molar refractivity (Wildman–Crippen MR) is 119 cm³/mol. The summed E-state index contributed by atoms with van der Waals surface area (Å²) in [4.78, 5) is 11.7. The molecular formula is C25H19FO3S. The summed E-state index contributed by atoms with van der Waals surface area (Å²) in [7, 11) is 0. The number of aliphatic carboxylic acids is 1. The third-order valence-corrected chi connectivity index (χ3v) is 6.01. The standard InChI is InChI=1S/C25H19FO3S/c26-19-8-11-22-23(15-19)30-14-13-21(17-6-9-20(27)10-7-17)25(22)18-4-1-16(2-5-18)3-12-24(28)29/h1-12,15,27H,13-14H2,(H,28,29)/b12-3+. The summed E-state index contributed by atoms with van der Waals surface area (Å²) in [5, 5.41) is 18.5. The summed E-state index contributed by atoms with van der Waals surface area (Å²) < 4.78 is 13.9. The summed E-state index contributed by atoms with van der Waals surface area (Å²) in [6, 6.07) is 19.7. The maximum atomic E-state index is 13.9. The highest BCUT2D eigenvalue weighted by Gasteiger charge is 2.21. The number of allylic oxidation sites excluding steroid dienone is 1. The van der Waals surface area contributed by atoms with Crippen LogP contribution in [0.1, 0.15) is 28.7 Å². The first-order chi connectivity index (χ1) is 14.5. The first kappa shape index (κ1) is 20.0. The van der Waals surface area contributed by atoms with E-state index in [9.17, 15) is 14.3 Å². The summed E-state index contributed by atoms with van der Waals surface area (Å²) in [6.07, 6.45) is 3.45. The first-order valence-corrected chi connectivity index (χ1v) is 10.5. The zero-order valence-electron chi connectivity index (χ0n) is 16.0. The Morgan fingerprint density at radius 1 is 0.967 bits per heavy atom. The van der Waals surface area contributed by atoms with Crippen molar-refractivity contribution in [2.24, 2.45) is 0 Å². The molecule has 0 spiro atoms. The van der Waals surface area contributed by atoms with Crippen LogP contribution < -0.4 is 0 Å². The summed E-state index contributed by atoms with van der Waals surface area (Å²) in [6.45, 7) is 0. The van der Waals surface area contributed by atoms with Crippen LogP contribution in [-0.4, -0.2) is 21.9 Å². The Balaban J connectivity index is 1.89. The van der Waals surface area contributed by atoms with Crippen LogP contribution in [-0.2, 0) is 4.79 Å². The van der Waals surface area contributed by atoms with E-state index < -0.39 is 5.97 Å². The smallest absolute Gasteiger partial charge is 0.328 e. The van der Waals surface area contributed by atoms with Crippen LogP contribution in [0.15, 0.2) is 77.7 Å². The van der Waals surface area contributed by atoms with E-state index in [-0.39, 0.29) is 11.6 Å². The quantitative estimate of drug-likeness (QED) is 0.504. The van der Waals surface area contributed by atoms with Gasteiger partial charge in [-0.1, -0.05) is 42.5 Å². The van der Waals surface area contributed by atoms with Crippen molar-refractivity contribution >= 4 is 35.0 Å². The number of hydrogen-bond acceptors (Lipinski definition) is 3. The van der Waals surface area contributed by atoms with Crippen LogP contribution in [0, 0.1) is 5.82 Å². The van der Waals surface area contributed by atoms with Gasteiger partial charge < -0.3 is 10.2 Å². The van der Waals surface area contributed by atoms with E-state index in [1.165, 1.54) is 6.07 Å². The molecule has 2 N–H and O–H groups in total. The summed E-state index contributed by atoms with van der Waals surface area (Å²) in [5.74, 6) is -0.229. The molecule has 3 aromatic rings. The van der Waals surface area contributed by atoms with Crippen LogP contribution in [0.4, 0.5) is 4.39 Å². The lowest BCUT2D eigenvalue weighted by atomic mass is 9.88. The van der Waals surface area contributed by atoms with Crippen LogP contribution in [0.3, 0.4) is 0 Å². The summed E-state index contributed by atoms with van der Waals surface area (Å²) in [5.41, 5.74) is 5.89. The topological polar surface area (TPSA) is 57.5 Å². The Morgan fingerprint density at radius 2 is 1.67 bits per heavy atom. The van der Waals surface area contributed by atoms with Gasteiger partial charge in [0, 0.05) is 16.7 Å². The Hall–Kier alpha value is -3.31. The normalized spacial score (nSPS) is 13.9. The molecule has 1 heterocycles. The number of carboxylic acid groups (broad SMARTS) is 1. The van der Waals surface area contributed by atoms with Crippen LogP contribution in [0.25, 0.3) is 17.2 Å². The molecule has 30 heavy (non-hydrogen) atoms. The van der Waals surface area contributed by atoms with Gasteiger partial charge in [0.1, 0.15) is 11.6 Å². The predicted octanol–water partition coefficient (Wildman–Crippen LogP) is 6.08. The molecule has 3 nitrogen and oxygen atoms in total. The number of phenols is 1. The van der Waals surface area contributed by atoms with E-state index in [4.69, 9.17) is 5.11 Å². The lowest BCUT2D eigenvalue weighted by Gasteiger charge is -2.16. The Kier molecular flexibility index (Phi) is 5.72. The molecular weight excluding hydrogens is 399 g/mol. The average molecular weight is 418 g/mol. The number of hydrogen-bond donors (Lipinski definition) is 2. The van der Waals surface area contributed by atoms with Crippen molar-refractivity contribution in [2.45, 2.75) is 11.3 Å². The minimum absolute atomic E-state index is 0.209. The second kappa shape index (κ2) is 8.59. The molecule has 0 unspecified atom stereocenters. The average Bonchev–Trinajstić information content (AvgIpc) is 2.92. The number of thioether (sulfide) groups is 1. The lowest BCUT2D eigenvalue weighted by molar-refractivity contribution is -0.131. The molecule has 1 aliphatic rings. The number of carbonyl (C=O) groups is 1. The molecule has 0 aliphatic carbocycles. The van der Waals surface area contributed by atoms with Gasteiger partial charge in [-0.05, 0) is 70.2 Å². The molecule has 0 radical (unpaired) electrons. The number of rotatable bonds is 4. The van der Waals surface area contributed by atoms with Gasteiger partial charge in [0.2, 0.25) is 0 Å². The van der Waals surface area contributed by atoms with Gasteiger partial charge >= 0.3 is 5.97 Å². The summed E-state index contributed by atoms with van der Waals surface area (Å²) >= 11 is 1.63. The Bertz CT molecular complexity index is 1150. The van der Waals surface area contributed by atoms with E-state index in [0.717, 1.165) is 56.5 Å². The van der Waals surface area contributed by atoms with Crippen molar-refractivity contribution in [1.29, 1.82) is 0 Å². The number of carboxylic acids is 1. The van der Waals surface area contributed by atoms with Gasteiger partial charge in [-0.25, -0.2) is 9.18 Å². The molecule has 0 saturated heterocycles. The number of benzene rings is 3. The van der Waals surface area contributed by atoms with Crippen molar-refractivity contribution < 1.29 is 19.4 Å². The van der Waals surface area contributed by atoms with Gasteiger partial charge in [-0.15, -0.1) is 11.8 Å². The second-order valence-corrected chi connectivity index (χ2v) is 8.07. The highest BCUT2D eigenvalue weighted by molar-refractivity contribution is 7.99. The molecule has 0 saturated carbocycles. The van der Waals surface area contributed by atoms with E-state index >= 15 is 0 Å². The minimum Gasteiger partial charge on any atom is -0.508 e. The molecule has 5 heteroatoms. The monoisotopic (exact) mass is 418 g/mol. The van der Waals surface area contributed by atoms with Gasteiger partial charge in [-0.2, -0.15) is 0 Å². The first-order valence-electron chi connectivity index (χ1n) is 9.48. The van der Waals surface area contributed by atoms with Crippen molar-refractivity contribution in [2.75, 3.05) is 5.75 Å². The maximum absolute atomic E-state index is 13.9. The highest BCUT2D eigenvalue weighted by atomic mass is 32.2. The van der Waals surface area contributed by atoms with E-state index in [2.05, 4.69) is 0 Å². The molecule has 4 rings (SSSR count). The highest BCUT2D eigenvalue weighted by Crippen LogP contribution is 2.43. The van der Waals surface area contributed by atoms with Crippen LogP contribution in [0.5, 0.6) is 5.75 Å². The van der Waals surface area contributed by atoms with E-state index in [0.29, 0.717) is 0 Å². The number of halogens is 1. The molecule has 1 aliphatic heterocycles. The number of phenolic OH excluding ortho intramolecular Hbond substituents is 1. The molecule has 0 bridgehead atoms. The molecule has 0 amide bonds. The van der Waals surface area contributed by atoms with Crippen LogP contribution in [0.2, 0.25) is 0 Å². The molecule has 3 aromatic carbocycles. The fraction of sp³-hybridized carbons (Fsp3) is 0.0800. The molecule has 0 aromatic heterocycles. The zero-order valence-corrected chi connectivity index (χ0v) is 16.8. The largest absolute Gasteiger partial charge is 0.508 e. The fourth-order valence-corrected chi connectivity index (χ4v) is 4.63. The lowest BCUT2D eigenvalue weighted by Crippen LogP contribution is -1.96. The number of fused-ring (bicyclic) bond motifs is 1. The minimum atomic E-state index is -0.992. The van der Waals surface area contributed by atoms with Gasteiger partial charge in [0.15, 0.2) is 0 Å². The van der Waals surface area contributed by atoms with Crippen molar-refractivity contribution in [3.05, 3.63) is 101 Å². The molecule has 0 fully saturated rings. The van der Waals surface area contributed by atoms with Gasteiger partial charge in [0.05, 0.1) is 0 Å². The van der Waals surface area contributed by atoms with E-state index in [1.807, 2.05) is 42.5 Å². The number of aromatic hydroxyl groups is 1. The van der Waals surface area contributed by atoms with Gasteiger partial charge in [-0.3, -0.25) is 0 Å². The SMILES string of the molecule is O=C(O)/C=C/c1ccc(C2=C(c3ccc(O)cc3)CCSc3cc(F)ccc32)cc1. The van der Waals surface area contributed by atoms with E-state index in [1.54, 1.807) is 36.0 Å². The third kappa shape index (κ3) is 4.31. The van der Waals surface area contributed by atoms with Crippen LogP contribution >= 0.6 is 11.8 Å². The van der Waals surface area contributed by atoms with Gasteiger partial charge in [0.25, 0.3) is 0 Å². The Morgan fingerprint density at radius 3 is 2.37 bits per heavy atom. The van der Waals surface area contributed by atoms with Crippen molar-refractivity contribution in [3.8, 4) is 5.75 Å². The van der Waals surface area contributed by atoms with Crippen molar-refractivity contribution in [1.82, 2.24) is 0 Å². The van der Waals surface area contributed by atoms with Crippen molar-refractivity contribution in [3.63, 3.8) is 0 Å². The zero-order chi connectivity index (χ0) is 21.1. The molecule has 150 valence electrons. The Labute approximate surface area is 178 Å².